The summed E-state index contributed by atoms with van der Waals surface area (Å²) in [6.45, 7) is 1.79. The van der Waals surface area contributed by atoms with Gasteiger partial charge < -0.3 is 10.3 Å². The Bertz CT molecular complexity index is 867. The molecule has 0 aliphatic rings. The molecule has 0 spiro atoms. The van der Waals surface area contributed by atoms with Crippen molar-refractivity contribution in [2.24, 2.45) is 0 Å². The normalized spacial score (nSPS) is 10.5. The molecule has 0 fully saturated rings. The standard InChI is InChI=1S/C17H14N2O2/c1-11-13-9-5-6-10-14(13)19-17(21)15(11)16(20)18-12-7-3-2-4-8-12/h2-10H,1H3,(H,18,20)(H,19,21). The zero-order valence-electron chi connectivity index (χ0n) is 11.5. The number of anilines is 1. The molecule has 21 heavy (non-hydrogen) atoms. The Balaban J connectivity index is 2.08. The average molecular weight is 278 g/mol. The SMILES string of the molecule is Cc1c(C(=O)Nc2ccccc2)c(=O)[nH]c2ccccc12. The molecule has 0 saturated carbocycles. The van der Waals surface area contributed by atoms with E-state index in [2.05, 4.69) is 10.3 Å². The Hall–Kier alpha value is -2.88. The molecule has 0 saturated heterocycles. The van der Waals surface area contributed by atoms with Gasteiger partial charge in [-0.2, -0.15) is 0 Å². The van der Waals surface area contributed by atoms with Gasteiger partial charge in [-0.1, -0.05) is 36.4 Å². The highest BCUT2D eigenvalue weighted by Gasteiger charge is 2.16. The van der Waals surface area contributed by atoms with E-state index in [0.717, 1.165) is 10.9 Å². The zero-order valence-corrected chi connectivity index (χ0v) is 11.5. The number of nitrogens with one attached hydrogen (secondary N) is 2. The summed E-state index contributed by atoms with van der Waals surface area (Å²) in [5, 5.41) is 3.62. The van der Waals surface area contributed by atoms with E-state index < -0.39 is 5.91 Å². The van der Waals surface area contributed by atoms with Crippen molar-refractivity contribution in [1.82, 2.24) is 4.98 Å². The first-order valence-electron chi connectivity index (χ1n) is 6.65. The third kappa shape index (κ3) is 2.43. The lowest BCUT2D eigenvalue weighted by Crippen LogP contribution is -2.24. The lowest BCUT2D eigenvalue weighted by molar-refractivity contribution is 0.102. The van der Waals surface area contributed by atoms with Gasteiger partial charge in [0.2, 0.25) is 0 Å². The number of carbonyl (C=O) groups is 1. The maximum absolute atomic E-state index is 12.4. The van der Waals surface area contributed by atoms with Gasteiger partial charge in [0.25, 0.3) is 11.5 Å². The van der Waals surface area contributed by atoms with E-state index in [4.69, 9.17) is 0 Å². The predicted octanol–water partition coefficient (Wildman–Crippen LogP) is 3.09. The fourth-order valence-electron chi connectivity index (χ4n) is 2.40. The summed E-state index contributed by atoms with van der Waals surface area (Å²) < 4.78 is 0. The number of para-hydroxylation sites is 2. The summed E-state index contributed by atoms with van der Waals surface area (Å²) in [5.41, 5.74) is 1.85. The first-order chi connectivity index (χ1) is 10.2. The average Bonchev–Trinajstić information content (AvgIpc) is 2.48. The van der Waals surface area contributed by atoms with Crippen LogP contribution < -0.4 is 10.9 Å². The second kappa shape index (κ2) is 5.25. The highest BCUT2D eigenvalue weighted by Crippen LogP contribution is 2.18. The molecule has 2 aromatic carbocycles. The van der Waals surface area contributed by atoms with Gasteiger partial charge >= 0.3 is 0 Å². The number of aromatic amines is 1. The number of H-pyrrole nitrogens is 1. The van der Waals surface area contributed by atoms with Crippen LogP contribution in [0.2, 0.25) is 0 Å². The van der Waals surface area contributed by atoms with Gasteiger partial charge in [-0.05, 0) is 30.7 Å². The Morgan fingerprint density at radius 1 is 1.00 bits per heavy atom. The molecule has 4 heteroatoms. The van der Waals surface area contributed by atoms with Gasteiger partial charge in [-0.15, -0.1) is 0 Å². The summed E-state index contributed by atoms with van der Waals surface area (Å²) >= 11 is 0. The lowest BCUT2D eigenvalue weighted by atomic mass is 10.0. The Labute approximate surface area is 121 Å². The van der Waals surface area contributed by atoms with Crippen LogP contribution in [0.3, 0.4) is 0 Å². The number of pyridine rings is 1. The third-order valence-corrected chi connectivity index (χ3v) is 3.44. The number of hydrogen-bond acceptors (Lipinski definition) is 2. The summed E-state index contributed by atoms with van der Waals surface area (Å²) in [4.78, 5) is 27.3. The van der Waals surface area contributed by atoms with Gasteiger partial charge in [-0.25, -0.2) is 0 Å². The van der Waals surface area contributed by atoms with Crippen LogP contribution >= 0.6 is 0 Å². The molecule has 1 aromatic heterocycles. The van der Waals surface area contributed by atoms with Crippen molar-refractivity contribution in [1.29, 1.82) is 0 Å². The van der Waals surface area contributed by atoms with Gasteiger partial charge in [-0.3, -0.25) is 9.59 Å². The monoisotopic (exact) mass is 278 g/mol. The van der Waals surface area contributed by atoms with Crippen molar-refractivity contribution in [2.75, 3.05) is 5.32 Å². The third-order valence-electron chi connectivity index (χ3n) is 3.44. The topological polar surface area (TPSA) is 62.0 Å². The summed E-state index contributed by atoms with van der Waals surface area (Å²) in [6.07, 6.45) is 0. The van der Waals surface area contributed by atoms with E-state index in [1.807, 2.05) is 42.5 Å². The molecular weight excluding hydrogens is 264 g/mol. The van der Waals surface area contributed by atoms with Crippen molar-refractivity contribution >= 4 is 22.5 Å². The van der Waals surface area contributed by atoms with E-state index in [9.17, 15) is 9.59 Å². The number of benzene rings is 2. The van der Waals surface area contributed by atoms with Crippen molar-refractivity contribution in [3.63, 3.8) is 0 Å². The van der Waals surface area contributed by atoms with Crippen molar-refractivity contribution in [2.45, 2.75) is 6.92 Å². The van der Waals surface area contributed by atoms with Gasteiger partial charge in [0.1, 0.15) is 5.56 Å². The second-order valence-electron chi connectivity index (χ2n) is 4.82. The summed E-state index contributed by atoms with van der Waals surface area (Å²) in [7, 11) is 0. The van der Waals surface area contributed by atoms with Crippen LogP contribution in [0, 0.1) is 6.92 Å². The highest BCUT2D eigenvalue weighted by molar-refractivity contribution is 6.07. The van der Waals surface area contributed by atoms with Gasteiger partial charge in [0, 0.05) is 16.6 Å². The number of amides is 1. The lowest BCUT2D eigenvalue weighted by Gasteiger charge is -2.09. The first kappa shape index (κ1) is 13.1. The summed E-state index contributed by atoms with van der Waals surface area (Å²) in [6, 6.07) is 16.5. The molecule has 0 unspecified atom stereocenters. The van der Waals surface area contributed by atoms with Crippen molar-refractivity contribution in [3.05, 3.63) is 76.1 Å². The number of fused-ring (bicyclic) bond motifs is 1. The minimum Gasteiger partial charge on any atom is -0.322 e. The number of aromatic nitrogens is 1. The highest BCUT2D eigenvalue weighted by atomic mass is 16.2. The quantitative estimate of drug-likeness (QED) is 0.756. The Morgan fingerprint density at radius 3 is 2.43 bits per heavy atom. The maximum Gasteiger partial charge on any atom is 0.261 e. The number of rotatable bonds is 2. The fraction of sp³-hybridized carbons (Fsp3) is 0.0588. The van der Waals surface area contributed by atoms with E-state index in [-0.39, 0.29) is 11.1 Å². The molecule has 0 radical (unpaired) electrons. The minimum atomic E-state index is -0.397. The fourth-order valence-corrected chi connectivity index (χ4v) is 2.40. The van der Waals surface area contributed by atoms with Crippen LogP contribution in [0.5, 0.6) is 0 Å². The molecule has 1 amide bonds. The molecule has 4 nitrogen and oxygen atoms in total. The largest absolute Gasteiger partial charge is 0.322 e. The van der Waals surface area contributed by atoms with Crippen LogP contribution in [0.4, 0.5) is 5.69 Å². The van der Waals surface area contributed by atoms with Crippen LogP contribution in [-0.2, 0) is 0 Å². The molecular formula is C17H14N2O2. The van der Waals surface area contributed by atoms with Crippen molar-refractivity contribution < 1.29 is 4.79 Å². The Kier molecular flexibility index (Phi) is 3.28. The molecule has 0 atom stereocenters. The predicted molar refractivity (Wildman–Crippen MR) is 83.7 cm³/mol. The molecule has 104 valence electrons. The maximum atomic E-state index is 12.4. The van der Waals surface area contributed by atoms with E-state index in [1.165, 1.54) is 0 Å². The molecule has 0 aliphatic heterocycles. The van der Waals surface area contributed by atoms with Crippen molar-refractivity contribution in [3.8, 4) is 0 Å². The molecule has 2 N–H and O–H groups in total. The van der Waals surface area contributed by atoms with Crippen LogP contribution in [0.1, 0.15) is 15.9 Å². The first-order valence-corrected chi connectivity index (χ1v) is 6.65. The van der Waals surface area contributed by atoms with Gasteiger partial charge in [0.05, 0.1) is 0 Å². The zero-order chi connectivity index (χ0) is 14.8. The minimum absolute atomic E-state index is 0.151. The smallest absolute Gasteiger partial charge is 0.261 e. The number of carbonyl (C=O) groups excluding carboxylic acids is 1. The Morgan fingerprint density at radius 2 is 1.67 bits per heavy atom. The number of hydrogen-bond donors (Lipinski definition) is 2. The van der Waals surface area contributed by atoms with Crippen LogP contribution in [0.25, 0.3) is 10.9 Å². The second-order valence-corrected chi connectivity index (χ2v) is 4.82. The van der Waals surface area contributed by atoms with E-state index in [0.29, 0.717) is 11.3 Å². The van der Waals surface area contributed by atoms with Crippen LogP contribution in [-0.4, -0.2) is 10.9 Å². The molecule has 3 aromatic rings. The van der Waals surface area contributed by atoms with E-state index in [1.54, 1.807) is 19.1 Å². The van der Waals surface area contributed by atoms with Gasteiger partial charge in [0.15, 0.2) is 0 Å². The molecule has 0 aliphatic carbocycles. The molecule has 0 bridgehead atoms. The molecule has 1 heterocycles. The molecule has 3 rings (SSSR count). The van der Waals surface area contributed by atoms with Crippen LogP contribution in [0.15, 0.2) is 59.4 Å². The summed E-state index contributed by atoms with van der Waals surface area (Å²) in [5.74, 6) is -0.397. The van der Waals surface area contributed by atoms with E-state index >= 15 is 0 Å². The number of aryl methyl sites for hydroxylation is 1.